The van der Waals surface area contributed by atoms with Crippen molar-refractivity contribution in [2.45, 2.75) is 37.6 Å². The molecule has 0 aliphatic heterocycles. The van der Waals surface area contributed by atoms with Crippen molar-refractivity contribution in [2.75, 3.05) is 5.32 Å². The first kappa shape index (κ1) is 18.2. The van der Waals surface area contributed by atoms with Gasteiger partial charge in [-0.1, -0.05) is 55.1 Å². The SMILES string of the molecule is CCC(Sc1nnc(C)n1-c1ccccc1C)C(=O)Nc1ccccc1. The van der Waals surface area contributed by atoms with Gasteiger partial charge in [0.2, 0.25) is 5.91 Å². The molecule has 1 N–H and O–H groups in total. The highest BCUT2D eigenvalue weighted by molar-refractivity contribution is 8.00. The molecule has 0 aliphatic carbocycles. The number of benzene rings is 2. The second kappa shape index (κ2) is 8.19. The van der Waals surface area contributed by atoms with E-state index in [1.807, 2.05) is 66.9 Å². The molecule has 1 aromatic heterocycles. The van der Waals surface area contributed by atoms with Crippen molar-refractivity contribution in [1.29, 1.82) is 0 Å². The molecule has 0 radical (unpaired) electrons. The fourth-order valence-electron chi connectivity index (χ4n) is 2.70. The number of para-hydroxylation sites is 2. The molecule has 1 amide bonds. The lowest BCUT2D eigenvalue weighted by Gasteiger charge is -2.16. The lowest BCUT2D eigenvalue weighted by atomic mass is 10.2. The summed E-state index contributed by atoms with van der Waals surface area (Å²) in [5.74, 6) is 0.779. The molecule has 0 aliphatic rings. The zero-order chi connectivity index (χ0) is 18.5. The van der Waals surface area contributed by atoms with Crippen LogP contribution in [0.15, 0.2) is 59.8 Å². The molecule has 5 nitrogen and oxygen atoms in total. The predicted molar refractivity (Wildman–Crippen MR) is 106 cm³/mol. The van der Waals surface area contributed by atoms with Gasteiger partial charge in [0.25, 0.3) is 0 Å². The van der Waals surface area contributed by atoms with Gasteiger partial charge in [0.1, 0.15) is 5.82 Å². The highest BCUT2D eigenvalue weighted by Gasteiger charge is 2.23. The van der Waals surface area contributed by atoms with E-state index in [4.69, 9.17) is 0 Å². The smallest absolute Gasteiger partial charge is 0.237 e. The van der Waals surface area contributed by atoms with Crippen molar-refractivity contribution in [2.24, 2.45) is 0 Å². The van der Waals surface area contributed by atoms with E-state index in [0.717, 1.165) is 27.9 Å². The van der Waals surface area contributed by atoms with E-state index < -0.39 is 0 Å². The molecule has 6 heteroatoms. The van der Waals surface area contributed by atoms with Crippen LogP contribution in [0.3, 0.4) is 0 Å². The quantitative estimate of drug-likeness (QED) is 0.657. The third kappa shape index (κ3) is 3.96. The Balaban J connectivity index is 1.84. The minimum Gasteiger partial charge on any atom is -0.325 e. The molecule has 0 bridgehead atoms. The molecule has 1 heterocycles. The van der Waals surface area contributed by atoms with E-state index in [9.17, 15) is 4.79 Å². The topological polar surface area (TPSA) is 59.8 Å². The molecule has 3 aromatic rings. The van der Waals surface area contributed by atoms with Crippen LogP contribution < -0.4 is 5.32 Å². The molecule has 2 aromatic carbocycles. The summed E-state index contributed by atoms with van der Waals surface area (Å²) in [5, 5.41) is 12.0. The highest BCUT2D eigenvalue weighted by atomic mass is 32.2. The normalized spacial score (nSPS) is 12.0. The Morgan fingerprint density at radius 2 is 1.77 bits per heavy atom. The molecule has 134 valence electrons. The van der Waals surface area contributed by atoms with Crippen molar-refractivity contribution >= 4 is 23.4 Å². The third-order valence-corrected chi connectivity index (χ3v) is 5.41. The lowest BCUT2D eigenvalue weighted by Crippen LogP contribution is -2.25. The van der Waals surface area contributed by atoms with Crippen LogP contribution in [0.25, 0.3) is 5.69 Å². The van der Waals surface area contributed by atoms with Gasteiger partial charge in [0, 0.05) is 5.69 Å². The number of carbonyl (C=O) groups excluding carboxylic acids is 1. The molecule has 26 heavy (non-hydrogen) atoms. The summed E-state index contributed by atoms with van der Waals surface area (Å²) in [4.78, 5) is 12.7. The van der Waals surface area contributed by atoms with Crippen molar-refractivity contribution in [3.63, 3.8) is 0 Å². The van der Waals surface area contributed by atoms with Crippen LogP contribution in [0.4, 0.5) is 5.69 Å². The number of nitrogens with one attached hydrogen (secondary N) is 1. The summed E-state index contributed by atoms with van der Waals surface area (Å²) in [6.45, 7) is 5.99. The van der Waals surface area contributed by atoms with Crippen LogP contribution in [-0.4, -0.2) is 25.9 Å². The maximum atomic E-state index is 12.7. The first-order valence-corrected chi connectivity index (χ1v) is 9.48. The van der Waals surface area contributed by atoms with Crippen LogP contribution in [0.1, 0.15) is 24.7 Å². The number of carbonyl (C=O) groups is 1. The monoisotopic (exact) mass is 366 g/mol. The van der Waals surface area contributed by atoms with Crippen LogP contribution >= 0.6 is 11.8 Å². The van der Waals surface area contributed by atoms with Crippen LogP contribution in [0.2, 0.25) is 0 Å². The number of aromatic nitrogens is 3. The van der Waals surface area contributed by atoms with E-state index in [0.29, 0.717) is 6.42 Å². The molecule has 1 unspecified atom stereocenters. The Morgan fingerprint density at radius 1 is 1.08 bits per heavy atom. The zero-order valence-electron chi connectivity index (χ0n) is 15.1. The van der Waals surface area contributed by atoms with Crippen LogP contribution in [0.5, 0.6) is 0 Å². The van der Waals surface area contributed by atoms with E-state index in [2.05, 4.69) is 28.5 Å². The van der Waals surface area contributed by atoms with Gasteiger partial charge in [-0.05, 0) is 44.0 Å². The summed E-state index contributed by atoms with van der Waals surface area (Å²) in [7, 11) is 0. The first-order chi connectivity index (χ1) is 12.6. The van der Waals surface area contributed by atoms with E-state index in [-0.39, 0.29) is 11.2 Å². The first-order valence-electron chi connectivity index (χ1n) is 8.60. The maximum Gasteiger partial charge on any atom is 0.237 e. The van der Waals surface area contributed by atoms with Crippen LogP contribution in [0, 0.1) is 13.8 Å². The van der Waals surface area contributed by atoms with Gasteiger partial charge in [-0.2, -0.15) is 0 Å². The molecule has 0 saturated carbocycles. The number of hydrogen-bond donors (Lipinski definition) is 1. The van der Waals surface area contributed by atoms with Gasteiger partial charge in [0.05, 0.1) is 10.9 Å². The number of hydrogen-bond acceptors (Lipinski definition) is 4. The minimum atomic E-state index is -0.249. The summed E-state index contributed by atoms with van der Waals surface area (Å²) >= 11 is 1.44. The Hall–Kier alpha value is -2.60. The second-order valence-corrected chi connectivity index (χ2v) is 7.19. The third-order valence-electron chi connectivity index (χ3n) is 4.10. The average molecular weight is 366 g/mol. The summed E-state index contributed by atoms with van der Waals surface area (Å²) in [6, 6.07) is 17.6. The van der Waals surface area contributed by atoms with Gasteiger partial charge < -0.3 is 5.32 Å². The van der Waals surface area contributed by atoms with Crippen molar-refractivity contribution in [1.82, 2.24) is 14.8 Å². The number of rotatable bonds is 6. The standard InChI is InChI=1S/C20H22N4OS/c1-4-18(19(25)21-16-11-6-5-7-12-16)26-20-23-22-15(3)24(20)17-13-9-8-10-14(17)2/h5-13,18H,4H2,1-3H3,(H,21,25). The number of anilines is 1. The second-order valence-electron chi connectivity index (χ2n) is 6.02. The van der Waals surface area contributed by atoms with Gasteiger partial charge in [-0.3, -0.25) is 9.36 Å². The van der Waals surface area contributed by atoms with E-state index in [1.54, 1.807) is 0 Å². The Kier molecular flexibility index (Phi) is 5.73. The Bertz CT molecular complexity index is 892. The number of aryl methyl sites for hydroxylation is 2. The molecule has 0 fully saturated rings. The van der Waals surface area contributed by atoms with E-state index in [1.165, 1.54) is 11.8 Å². The van der Waals surface area contributed by atoms with E-state index >= 15 is 0 Å². The Labute approximate surface area is 157 Å². The fraction of sp³-hybridized carbons (Fsp3) is 0.250. The van der Waals surface area contributed by atoms with Gasteiger partial charge in [-0.25, -0.2) is 0 Å². The fourth-order valence-corrected chi connectivity index (χ4v) is 3.72. The predicted octanol–water partition coefficient (Wildman–Crippen LogP) is 4.39. The summed E-state index contributed by atoms with van der Waals surface area (Å²) < 4.78 is 2.01. The zero-order valence-corrected chi connectivity index (χ0v) is 16.0. The minimum absolute atomic E-state index is 0.0271. The average Bonchev–Trinajstić information content (AvgIpc) is 3.01. The highest BCUT2D eigenvalue weighted by Crippen LogP contribution is 2.29. The van der Waals surface area contributed by atoms with Crippen molar-refractivity contribution < 1.29 is 4.79 Å². The lowest BCUT2D eigenvalue weighted by molar-refractivity contribution is -0.115. The van der Waals surface area contributed by atoms with Crippen molar-refractivity contribution in [3.8, 4) is 5.69 Å². The van der Waals surface area contributed by atoms with Gasteiger partial charge in [0.15, 0.2) is 5.16 Å². The summed E-state index contributed by atoms with van der Waals surface area (Å²) in [5.41, 5.74) is 2.97. The maximum absolute atomic E-state index is 12.7. The molecule has 0 spiro atoms. The van der Waals surface area contributed by atoms with Gasteiger partial charge >= 0.3 is 0 Å². The van der Waals surface area contributed by atoms with Gasteiger partial charge in [-0.15, -0.1) is 10.2 Å². The molecular formula is C20H22N4OS. The summed E-state index contributed by atoms with van der Waals surface area (Å²) in [6.07, 6.45) is 0.697. The largest absolute Gasteiger partial charge is 0.325 e. The molecule has 3 rings (SSSR count). The number of thioether (sulfide) groups is 1. The number of nitrogens with zero attached hydrogens (tertiary/aromatic N) is 3. The molecular weight excluding hydrogens is 344 g/mol. The molecule has 1 atom stereocenters. The number of amides is 1. The Morgan fingerprint density at radius 3 is 2.46 bits per heavy atom. The van der Waals surface area contributed by atoms with Crippen molar-refractivity contribution in [3.05, 3.63) is 66.0 Å². The van der Waals surface area contributed by atoms with Crippen LogP contribution in [-0.2, 0) is 4.79 Å². The molecule has 0 saturated heterocycles.